The highest BCUT2D eigenvalue weighted by atomic mass is 32.2. The van der Waals surface area contributed by atoms with E-state index in [1.807, 2.05) is 30.3 Å². The standard InChI is InChI=1S/C30H35N3O5S/c1-23(30(35)31-25-14-9-10-15-25)32(21-24-12-5-3-6-13-24)29(34)22-33(26-16-11-17-27(20-26)38-2)39(36,37)28-18-7-4-8-19-28/h3-8,11-13,16-20,23,25H,9-10,14-15,21-22H2,1-2H3,(H,31,35)/t23-/m0/s1. The fraction of sp³-hybridized carbons (Fsp3) is 0.333. The zero-order valence-electron chi connectivity index (χ0n) is 22.3. The Kier molecular flexibility index (Phi) is 9.24. The van der Waals surface area contributed by atoms with Crippen LogP contribution in [0.15, 0.2) is 89.8 Å². The Morgan fingerprint density at radius 3 is 2.23 bits per heavy atom. The summed E-state index contributed by atoms with van der Waals surface area (Å²) in [6.07, 6.45) is 3.98. The van der Waals surface area contributed by atoms with Crippen molar-refractivity contribution in [1.82, 2.24) is 10.2 Å². The monoisotopic (exact) mass is 549 g/mol. The third-order valence-corrected chi connectivity index (χ3v) is 8.80. The molecule has 1 N–H and O–H groups in total. The fourth-order valence-corrected chi connectivity index (χ4v) is 6.20. The number of anilines is 1. The van der Waals surface area contributed by atoms with Gasteiger partial charge in [-0.15, -0.1) is 0 Å². The number of hydrogen-bond acceptors (Lipinski definition) is 5. The maximum absolute atomic E-state index is 14.0. The molecule has 0 radical (unpaired) electrons. The minimum absolute atomic E-state index is 0.0576. The summed E-state index contributed by atoms with van der Waals surface area (Å²) in [5, 5.41) is 3.07. The number of sulfonamides is 1. The first kappa shape index (κ1) is 28.2. The second-order valence-electron chi connectivity index (χ2n) is 9.70. The Morgan fingerprint density at radius 2 is 1.59 bits per heavy atom. The molecule has 1 saturated carbocycles. The van der Waals surface area contributed by atoms with E-state index in [1.54, 1.807) is 49.4 Å². The van der Waals surface area contributed by atoms with E-state index in [0.717, 1.165) is 35.6 Å². The Hall–Kier alpha value is -3.85. The maximum Gasteiger partial charge on any atom is 0.264 e. The van der Waals surface area contributed by atoms with Gasteiger partial charge in [0.2, 0.25) is 11.8 Å². The van der Waals surface area contributed by atoms with E-state index in [-0.39, 0.29) is 29.1 Å². The van der Waals surface area contributed by atoms with Crippen LogP contribution in [-0.4, -0.2) is 50.9 Å². The molecule has 3 aromatic carbocycles. The van der Waals surface area contributed by atoms with Crippen molar-refractivity contribution in [2.75, 3.05) is 18.0 Å². The molecule has 39 heavy (non-hydrogen) atoms. The van der Waals surface area contributed by atoms with Gasteiger partial charge in [-0.2, -0.15) is 0 Å². The van der Waals surface area contributed by atoms with Crippen molar-refractivity contribution in [2.24, 2.45) is 0 Å². The number of carbonyl (C=O) groups is 2. The topological polar surface area (TPSA) is 96.0 Å². The van der Waals surface area contributed by atoms with Crippen LogP contribution in [0.4, 0.5) is 5.69 Å². The van der Waals surface area contributed by atoms with Gasteiger partial charge in [-0.1, -0.05) is 67.4 Å². The zero-order valence-corrected chi connectivity index (χ0v) is 23.1. The third kappa shape index (κ3) is 6.97. The van der Waals surface area contributed by atoms with Crippen LogP contribution in [0.25, 0.3) is 0 Å². The number of carbonyl (C=O) groups excluding carboxylic acids is 2. The van der Waals surface area contributed by atoms with E-state index in [2.05, 4.69) is 5.32 Å². The predicted molar refractivity (Wildman–Crippen MR) is 151 cm³/mol. The van der Waals surface area contributed by atoms with Gasteiger partial charge in [0.15, 0.2) is 0 Å². The van der Waals surface area contributed by atoms with Crippen LogP contribution in [0.3, 0.4) is 0 Å². The molecule has 1 atom stereocenters. The molecule has 8 nitrogen and oxygen atoms in total. The summed E-state index contributed by atoms with van der Waals surface area (Å²) in [6, 6.07) is 23.2. The van der Waals surface area contributed by atoms with E-state index in [9.17, 15) is 18.0 Å². The van der Waals surface area contributed by atoms with Crippen molar-refractivity contribution in [3.05, 3.63) is 90.5 Å². The lowest BCUT2D eigenvalue weighted by atomic mass is 10.1. The Labute approximate surface area is 230 Å². The van der Waals surface area contributed by atoms with Crippen molar-refractivity contribution < 1.29 is 22.7 Å². The smallest absolute Gasteiger partial charge is 0.264 e. The van der Waals surface area contributed by atoms with Gasteiger partial charge < -0.3 is 15.0 Å². The first-order valence-corrected chi connectivity index (χ1v) is 14.6. The minimum Gasteiger partial charge on any atom is -0.497 e. The lowest BCUT2D eigenvalue weighted by Gasteiger charge is -2.32. The number of amides is 2. The quantitative estimate of drug-likeness (QED) is 0.383. The van der Waals surface area contributed by atoms with Crippen LogP contribution in [0.5, 0.6) is 5.75 Å². The number of nitrogens with one attached hydrogen (secondary N) is 1. The maximum atomic E-state index is 14.0. The largest absolute Gasteiger partial charge is 0.497 e. The lowest BCUT2D eigenvalue weighted by molar-refractivity contribution is -0.139. The number of rotatable bonds is 11. The van der Waals surface area contributed by atoms with Gasteiger partial charge in [-0.25, -0.2) is 8.42 Å². The highest BCUT2D eigenvalue weighted by Gasteiger charge is 2.33. The van der Waals surface area contributed by atoms with E-state index >= 15 is 0 Å². The van der Waals surface area contributed by atoms with Crippen molar-refractivity contribution in [3.63, 3.8) is 0 Å². The summed E-state index contributed by atoms with van der Waals surface area (Å²) in [7, 11) is -2.62. The molecule has 4 rings (SSSR count). The van der Waals surface area contributed by atoms with Crippen LogP contribution in [0.1, 0.15) is 38.2 Å². The van der Waals surface area contributed by atoms with Gasteiger partial charge in [-0.05, 0) is 49.6 Å². The summed E-state index contributed by atoms with van der Waals surface area (Å²) in [4.78, 5) is 28.7. The molecule has 1 aliphatic rings. The van der Waals surface area contributed by atoms with Crippen molar-refractivity contribution in [1.29, 1.82) is 0 Å². The van der Waals surface area contributed by atoms with Crippen LogP contribution >= 0.6 is 0 Å². The molecule has 0 aromatic heterocycles. The Balaban J connectivity index is 1.68. The number of hydrogen-bond donors (Lipinski definition) is 1. The molecule has 0 aliphatic heterocycles. The zero-order chi connectivity index (χ0) is 27.8. The first-order chi connectivity index (χ1) is 18.8. The molecule has 0 saturated heterocycles. The van der Waals surface area contributed by atoms with Gasteiger partial charge >= 0.3 is 0 Å². The van der Waals surface area contributed by atoms with Crippen LogP contribution < -0.4 is 14.4 Å². The average molecular weight is 550 g/mol. The number of nitrogens with zero attached hydrogens (tertiary/aromatic N) is 2. The van der Waals surface area contributed by atoms with Crippen molar-refractivity contribution >= 4 is 27.5 Å². The fourth-order valence-electron chi connectivity index (χ4n) is 4.77. The molecule has 0 bridgehead atoms. The van der Waals surface area contributed by atoms with Crippen molar-refractivity contribution in [2.45, 2.75) is 56.1 Å². The molecule has 0 heterocycles. The van der Waals surface area contributed by atoms with Crippen LogP contribution in [0.2, 0.25) is 0 Å². The SMILES string of the molecule is COc1cccc(N(CC(=O)N(Cc2ccccc2)[C@@H](C)C(=O)NC2CCCC2)S(=O)(=O)c2ccccc2)c1. The highest BCUT2D eigenvalue weighted by molar-refractivity contribution is 7.92. The number of benzene rings is 3. The van der Waals surface area contributed by atoms with Gasteiger partial charge in [-0.3, -0.25) is 13.9 Å². The molecular weight excluding hydrogens is 514 g/mol. The van der Waals surface area contributed by atoms with Gasteiger partial charge in [0.1, 0.15) is 18.3 Å². The molecule has 0 unspecified atom stereocenters. The summed E-state index contributed by atoms with van der Waals surface area (Å²) >= 11 is 0. The summed E-state index contributed by atoms with van der Waals surface area (Å²) in [5.74, 6) is -0.279. The molecule has 2 amide bonds. The van der Waals surface area contributed by atoms with E-state index in [0.29, 0.717) is 5.75 Å². The lowest BCUT2D eigenvalue weighted by Crippen LogP contribution is -2.52. The molecule has 3 aromatic rings. The van der Waals surface area contributed by atoms with Gasteiger partial charge in [0.05, 0.1) is 17.7 Å². The molecule has 1 fully saturated rings. The number of ether oxygens (including phenoxy) is 1. The molecule has 1 aliphatic carbocycles. The number of methoxy groups -OCH3 is 1. The van der Waals surface area contributed by atoms with Crippen LogP contribution in [-0.2, 0) is 26.2 Å². The molecular formula is C30H35N3O5S. The molecule has 9 heteroatoms. The highest BCUT2D eigenvalue weighted by Crippen LogP contribution is 2.27. The predicted octanol–water partition coefficient (Wildman–Crippen LogP) is 4.37. The summed E-state index contributed by atoms with van der Waals surface area (Å²) < 4.78 is 34.0. The van der Waals surface area contributed by atoms with Gasteiger partial charge in [0, 0.05) is 18.7 Å². The average Bonchev–Trinajstić information content (AvgIpc) is 3.48. The summed E-state index contributed by atoms with van der Waals surface area (Å²) in [6.45, 7) is 1.36. The minimum atomic E-state index is -4.12. The normalized spacial score (nSPS) is 14.4. The van der Waals surface area contributed by atoms with Crippen LogP contribution in [0, 0.1) is 0 Å². The molecule has 0 spiro atoms. The van der Waals surface area contributed by atoms with Gasteiger partial charge in [0.25, 0.3) is 10.0 Å². The third-order valence-electron chi connectivity index (χ3n) is 7.02. The first-order valence-electron chi connectivity index (χ1n) is 13.1. The van der Waals surface area contributed by atoms with E-state index in [1.165, 1.54) is 24.1 Å². The Morgan fingerprint density at radius 1 is 0.949 bits per heavy atom. The van der Waals surface area contributed by atoms with Crippen molar-refractivity contribution in [3.8, 4) is 5.75 Å². The second kappa shape index (κ2) is 12.8. The second-order valence-corrected chi connectivity index (χ2v) is 11.6. The Bertz CT molecular complexity index is 1360. The van der Waals surface area contributed by atoms with E-state index < -0.39 is 28.5 Å². The summed E-state index contributed by atoms with van der Waals surface area (Å²) in [5.41, 5.74) is 1.12. The van der Waals surface area contributed by atoms with E-state index in [4.69, 9.17) is 4.74 Å². The molecule has 206 valence electrons.